The lowest BCUT2D eigenvalue weighted by atomic mass is 10.1. The predicted octanol–water partition coefficient (Wildman–Crippen LogP) is 3.85. The van der Waals surface area contributed by atoms with Crippen molar-refractivity contribution in [3.05, 3.63) is 53.7 Å². The zero-order chi connectivity index (χ0) is 13.3. The first-order chi connectivity index (χ1) is 8.38. The van der Waals surface area contributed by atoms with Crippen LogP contribution in [0, 0.1) is 17.7 Å². The second kappa shape index (κ2) is 4.36. The molecule has 18 heavy (non-hydrogen) atoms. The van der Waals surface area contributed by atoms with Crippen LogP contribution in [0.1, 0.15) is 5.56 Å². The summed E-state index contributed by atoms with van der Waals surface area (Å²) >= 11 is 0. The second-order valence-electron chi connectivity index (χ2n) is 3.47. The van der Waals surface area contributed by atoms with E-state index >= 15 is 0 Å². The number of aromatic nitrogens is 1. The van der Waals surface area contributed by atoms with Gasteiger partial charge in [-0.3, -0.25) is 8.78 Å². The molecule has 6 heteroatoms. The number of hydrogen-bond donors (Lipinski definition) is 0. The maximum Gasteiger partial charge on any atom is 0.417 e. The van der Waals surface area contributed by atoms with Crippen LogP contribution in [0.2, 0.25) is 0 Å². The third-order valence-corrected chi connectivity index (χ3v) is 2.20. The molecule has 0 aliphatic heterocycles. The molecule has 1 aromatic heterocycles. The first kappa shape index (κ1) is 12.5. The summed E-state index contributed by atoms with van der Waals surface area (Å²) in [6.45, 7) is 0. The van der Waals surface area contributed by atoms with Crippen LogP contribution in [-0.4, -0.2) is 4.98 Å². The summed E-state index contributed by atoms with van der Waals surface area (Å²) in [6.07, 6.45) is -3.91. The molecule has 2 rings (SSSR count). The molecule has 0 bridgehead atoms. The van der Waals surface area contributed by atoms with Crippen LogP contribution in [-0.2, 0) is 6.18 Å². The molecule has 0 N–H and O–H groups in total. The van der Waals surface area contributed by atoms with Crippen molar-refractivity contribution in [2.24, 2.45) is 0 Å². The predicted molar refractivity (Wildman–Crippen MR) is 53.4 cm³/mol. The average Bonchev–Trinajstić information content (AvgIpc) is 2.28. The van der Waals surface area contributed by atoms with Crippen LogP contribution in [0.3, 0.4) is 0 Å². The van der Waals surface area contributed by atoms with Gasteiger partial charge >= 0.3 is 6.18 Å². The molecule has 0 unspecified atom stereocenters. The molecule has 0 spiro atoms. The monoisotopic (exact) mass is 258 g/mol. The molecule has 0 aliphatic rings. The molecular formula is C12H5F5N-. The van der Waals surface area contributed by atoms with Gasteiger partial charge in [0.05, 0.1) is 5.56 Å². The maximum atomic E-state index is 13.3. The maximum absolute atomic E-state index is 13.3. The van der Waals surface area contributed by atoms with E-state index in [1.165, 1.54) is 0 Å². The molecule has 94 valence electrons. The van der Waals surface area contributed by atoms with Gasteiger partial charge in [0.15, 0.2) is 0 Å². The highest BCUT2D eigenvalue weighted by Crippen LogP contribution is 2.30. The molecule has 0 saturated heterocycles. The summed E-state index contributed by atoms with van der Waals surface area (Å²) in [6, 6.07) is 5.57. The van der Waals surface area contributed by atoms with Gasteiger partial charge in [0, 0.05) is 17.8 Å². The van der Waals surface area contributed by atoms with Crippen molar-refractivity contribution in [2.45, 2.75) is 6.18 Å². The van der Waals surface area contributed by atoms with Crippen molar-refractivity contribution >= 4 is 0 Å². The third kappa shape index (κ3) is 2.47. The van der Waals surface area contributed by atoms with Crippen molar-refractivity contribution in [1.29, 1.82) is 0 Å². The summed E-state index contributed by atoms with van der Waals surface area (Å²) in [7, 11) is 0. The van der Waals surface area contributed by atoms with E-state index in [1.54, 1.807) is 0 Å². The van der Waals surface area contributed by atoms with Crippen molar-refractivity contribution in [3.63, 3.8) is 0 Å². The summed E-state index contributed by atoms with van der Waals surface area (Å²) in [4.78, 5) is 3.49. The highest BCUT2D eigenvalue weighted by molar-refractivity contribution is 5.59. The zero-order valence-electron chi connectivity index (χ0n) is 8.72. The quantitative estimate of drug-likeness (QED) is 0.559. The van der Waals surface area contributed by atoms with Gasteiger partial charge in [0.25, 0.3) is 0 Å². The first-order valence-corrected chi connectivity index (χ1v) is 4.78. The number of pyridine rings is 1. The van der Waals surface area contributed by atoms with Gasteiger partial charge in [-0.05, 0) is 5.69 Å². The van der Waals surface area contributed by atoms with Crippen LogP contribution in [0.5, 0.6) is 0 Å². The minimum absolute atomic E-state index is 0.0412. The van der Waals surface area contributed by atoms with Crippen LogP contribution >= 0.6 is 0 Å². The van der Waals surface area contributed by atoms with Crippen LogP contribution in [0.15, 0.2) is 30.5 Å². The van der Waals surface area contributed by atoms with E-state index < -0.39 is 23.4 Å². The number of benzene rings is 1. The van der Waals surface area contributed by atoms with Gasteiger partial charge in [0.2, 0.25) is 0 Å². The lowest BCUT2D eigenvalue weighted by molar-refractivity contribution is -0.137. The second-order valence-corrected chi connectivity index (χ2v) is 3.47. The molecule has 1 nitrogen and oxygen atoms in total. The summed E-state index contributed by atoms with van der Waals surface area (Å²) in [5, 5.41) is 0. The van der Waals surface area contributed by atoms with E-state index in [1.807, 2.05) is 0 Å². The van der Waals surface area contributed by atoms with E-state index in [0.717, 1.165) is 18.2 Å². The van der Waals surface area contributed by atoms with Crippen molar-refractivity contribution in [2.75, 3.05) is 0 Å². The van der Waals surface area contributed by atoms with Crippen molar-refractivity contribution < 1.29 is 22.0 Å². The minimum atomic E-state index is -4.50. The number of nitrogens with zero attached hydrogens (tertiary/aromatic N) is 1. The van der Waals surface area contributed by atoms with E-state index in [4.69, 9.17) is 0 Å². The Morgan fingerprint density at radius 2 is 1.83 bits per heavy atom. The number of rotatable bonds is 1. The Bertz CT molecular complexity index is 560. The minimum Gasteiger partial charge on any atom is -0.304 e. The highest BCUT2D eigenvalue weighted by atomic mass is 19.4. The van der Waals surface area contributed by atoms with Crippen molar-refractivity contribution in [3.8, 4) is 11.3 Å². The van der Waals surface area contributed by atoms with Gasteiger partial charge in [-0.25, -0.2) is 0 Å². The summed E-state index contributed by atoms with van der Waals surface area (Å²) in [5.41, 5.74) is -1.15. The van der Waals surface area contributed by atoms with Crippen LogP contribution in [0.4, 0.5) is 22.0 Å². The highest BCUT2D eigenvalue weighted by Gasteiger charge is 2.30. The Balaban J connectivity index is 2.41. The molecule has 2 aromatic rings. The van der Waals surface area contributed by atoms with Gasteiger partial charge in [0.1, 0.15) is 0 Å². The Hall–Kier alpha value is -1.98. The van der Waals surface area contributed by atoms with E-state index in [9.17, 15) is 22.0 Å². The Labute approximate surface area is 98.9 Å². The van der Waals surface area contributed by atoms with E-state index in [-0.39, 0.29) is 11.3 Å². The van der Waals surface area contributed by atoms with Gasteiger partial charge in [-0.15, -0.1) is 12.1 Å². The van der Waals surface area contributed by atoms with Gasteiger partial charge < -0.3 is 4.98 Å². The molecule has 0 amide bonds. The van der Waals surface area contributed by atoms with Gasteiger partial charge in [-0.1, -0.05) is 23.8 Å². The Morgan fingerprint density at radius 3 is 2.33 bits per heavy atom. The fourth-order valence-corrected chi connectivity index (χ4v) is 1.35. The Morgan fingerprint density at radius 1 is 1.11 bits per heavy atom. The number of halogens is 5. The van der Waals surface area contributed by atoms with Crippen LogP contribution in [0.25, 0.3) is 11.3 Å². The number of alkyl halides is 3. The largest absolute Gasteiger partial charge is 0.417 e. The Kier molecular flexibility index (Phi) is 3.02. The number of hydrogen-bond acceptors (Lipinski definition) is 1. The molecule has 0 atom stereocenters. The van der Waals surface area contributed by atoms with E-state index in [2.05, 4.69) is 11.1 Å². The topological polar surface area (TPSA) is 12.9 Å². The van der Waals surface area contributed by atoms with Crippen molar-refractivity contribution in [1.82, 2.24) is 4.98 Å². The first-order valence-electron chi connectivity index (χ1n) is 4.78. The summed E-state index contributed by atoms with van der Waals surface area (Å²) < 4.78 is 62.8. The molecule has 1 aromatic carbocycles. The normalized spacial score (nSPS) is 11.6. The molecule has 0 saturated carbocycles. The fourth-order valence-electron chi connectivity index (χ4n) is 1.35. The summed E-state index contributed by atoms with van der Waals surface area (Å²) in [5.74, 6) is -1.74. The molecule has 1 heterocycles. The van der Waals surface area contributed by atoms with E-state index in [0.29, 0.717) is 12.3 Å². The molecule has 0 fully saturated rings. The SMILES string of the molecule is Fc1c[c-]c(-c2ccc(C(F)(F)F)cn2)c(F)c1. The molecular weight excluding hydrogens is 253 g/mol. The van der Waals surface area contributed by atoms with Gasteiger partial charge in [-0.2, -0.15) is 13.2 Å². The third-order valence-electron chi connectivity index (χ3n) is 2.20. The molecule has 0 radical (unpaired) electrons. The van der Waals surface area contributed by atoms with Crippen LogP contribution < -0.4 is 0 Å². The molecule has 0 aliphatic carbocycles. The lowest BCUT2D eigenvalue weighted by Crippen LogP contribution is -2.05. The lowest BCUT2D eigenvalue weighted by Gasteiger charge is -2.12. The average molecular weight is 258 g/mol. The zero-order valence-corrected chi connectivity index (χ0v) is 8.72. The standard InChI is InChI=1S/C12H5F5N/c13-8-2-3-9(10(14)5-8)11-4-1-7(6-18-11)12(15,16)17/h1-2,4-6H/q-1. The fraction of sp³-hybridized carbons (Fsp3) is 0.0833. The smallest absolute Gasteiger partial charge is 0.304 e.